The Morgan fingerprint density at radius 1 is 1.15 bits per heavy atom. The largest absolute Gasteiger partial charge is 0.324 e. The van der Waals surface area contributed by atoms with Crippen LogP contribution in [0, 0.1) is 5.92 Å². The number of nitrogens with two attached hydrogens (primary N) is 1. The Balaban J connectivity index is 0.00000144. The van der Waals surface area contributed by atoms with Gasteiger partial charge in [0.25, 0.3) is 0 Å². The summed E-state index contributed by atoms with van der Waals surface area (Å²) in [5.74, 6) is 0.492. The Labute approximate surface area is 94.3 Å². The molecule has 0 saturated heterocycles. The van der Waals surface area contributed by atoms with E-state index in [2.05, 4.69) is 41.9 Å². The van der Waals surface area contributed by atoms with Crippen molar-refractivity contribution in [2.24, 2.45) is 11.7 Å². The second kappa shape index (κ2) is 5.63. The highest BCUT2D eigenvalue weighted by molar-refractivity contribution is 9.10. The monoisotopic (exact) mass is 263 g/mol. The summed E-state index contributed by atoms with van der Waals surface area (Å²) in [5.41, 5.74) is 7.17. The molecule has 1 aromatic carbocycles. The van der Waals surface area contributed by atoms with Gasteiger partial charge in [-0.2, -0.15) is 0 Å². The maximum atomic E-state index is 5.97. The molecule has 1 rings (SSSR count). The van der Waals surface area contributed by atoms with Crippen LogP contribution >= 0.6 is 28.3 Å². The van der Waals surface area contributed by atoms with E-state index in [1.54, 1.807) is 0 Å². The summed E-state index contributed by atoms with van der Waals surface area (Å²) in [6.45, 7) is 4.26. The first-order chi connectivity index (χ1) is 5.61. The third kappa shape index (κ3) is 3.67. The minimum atomic E-state index is 0. The molecule has 0 spiro atoms. The van der Waals surface area contributed by atoms with E-state index in [4.69, 9.17) is 5.73 Å². The predicted molar refractivity (Wildman–Crippen MR) is 63.2 cm³/mol. The minimum Gasteiger partial charge on any atom is -0.324 e. The van der Waals surface area contributed by atoms with Crippen molar-refractivity contribution in [3.63, 3.8) is 0 Å². The second-order valence-corrected chi connectivity index (χ2v) is 4.24. The molecule has 3 heteroatoms. The van der Waals surface area contributed by atoms with Gasteiger partial charge in [0.05, 0.1) is 0 Å². The Hall–Kier alpha value is -0.0500. The first-order valence-electron chi connectivity index (χ1n) is 4.12. The first-order valence-corrected chi connectivity index (χ1v) is 4.91. The van der Waals surface area contributed by atoms with Crippen LogP contribution in [-0.2, 0) is 0 Å². The average Bonchev–Trinajstić information content (AvgIpc) is 2.04. The van der Waals surface area contributed by atoms with Crippen LogP contribution in [0.3, 0.4) is 0 Å². The molecule has 1 aromatic rings. The highest BCUT2D eigenvalue weighted by atomic mass is 79.9. The van der Waals surface area contributed by atoms with Crippen LogP contribution in [0.15, 0.2) is 28.7 Å². The van der Waals surface area contributed by atoms with E-state index in [1.165, 1.54) is 5.56 Å². The van der Waals surface area contributed by atoms with Crippen LogP contribution in [0.5, 0.6) is 0 Å². The Morgan fingerprint density at radius 3 is 2.00 bits per heavy atom. The fraction of sp³-hybridized carbons (Fsp3) is 0.400. The van der Waals surface area contributed by atoms with Crippen molar-refractivity contribution in [1.29, 1.82) is 0 Å². The fourth-order valence-corrected chi connectivity index (χ4v) is 1.33. The zero-order valence-corrected chi connectivity index (χ0v) is 10.2. The molecule has 0 radical (unpaired) electrons. The number of halogens is 2. The molecule has 0 aliphatic rings. The van der Waals surface area contributed by atoms with E-state index in [1.807, 2.05) is 12.1 Å². The Kier molecular flexibility index (Phi) is 5.61. The maximum absolute atomic E-state index is 5.97. The molecular weight excluding hydrogens is 249 g/mol. The van der Waals surface area contributed by atoms with Gasteiger partial charge in [-0.25, -0.2) is 0 Å². The molecule has 74 valence electrons. The third-order valence-electron chi connectivity index (χ3n) is 1.97. The molecular formula is C10H15BrClN. The van der Waals surface area contributed by atoms with E-state index in [-0.39, 0.29) is 18.4 Å². The number of hydrogen-bond acceptors (Lipinski definition) is 1. The van der Waals surface area contributed by atoms with Crippen LogP contribution in [0.4, 0.5) is 0 Å². The zero-order chi connectivity index (χ0) is 9.14. The zero-order valence-electron chi connectivity index (χ0n) is 7.83. The van der Waals surface area contributed by atoms with E-state index < -0.39 is 0 Å². The van der Waals surface area contributed by atoms with Gasteiger partial charge < -0.3 is 5.73 Å². The van der Waals surface area contributed by atoms with Gasteiger partial charge in [-0.3, -0.25) is 0 Å². The standard InChI is InChI=1S/C10H14BrN.ClH/c1-7(2)10(12)8-3-5-9(11)6-4-8;/h3-7,10H,12H2,1-2H3;1H/t10-;/m1./s1. The number of benzene rings is 1. The van der Waals surface area contributed by atoms with Crippen molar-refractivity contribution >= 4 is 28.3 Å². The van der Waals surface area contributed by atoms with Gasteiger partial charge in [-0.05, 0) is 23.6 Å². The summed E-state index contributed by atoms with van der Waals surface area (Å²) in [5, 5.41) is 0. The normalized spacial score (nSPS) is 12.4. The minimum absolute atomic E-state index is 0. The molecule has 0 aliphatic carbocycles. The maximum Gasteiger partial charge on any atom is 0.0318 e. The van der Waals surface area contributed by atoms with E-state index >= 15 is 0 Å². The van der Waals surface area contributed by atoms with E-state index in [0.29, 0.717) is 5.92 Å². The smallest absolute Gasteiger partial charge is 0.0318 e. The summed E-state index contributed by atoms with van der Waals surface area (Å²) >= 11 is 3.39. The Morgan fingerprint density at radius 2 is 1.62 bits per heavy atom. The molecule has 0 heterocycles. The predicted octanol–water partition coefficient (Wildman–Crippen LogP) is 3.53. The second-order valence-electron chi connectivity index (χ2n) is 3.32. The lowest BCUT2D eigenvalue weighted by molar-refractivity contribution is 0.514. The van der Waals surface area contributed by atoms with Gasteiger partial charge in [-0.1, -0.05) is 41.9 Å². The molecule has 0 aromatic heterocycles. The van der Waals surface area contributed by atoms with Crippen LogP contribution < -0.4 is 5.73 Å². The highest BCUT2D eigenvalue weighted by Gasteiger charge is 2.08. The molecule has 13 heavy (non-hydrogen) atoms. The highest BCUT2D eigenvalue weighted by Crippen LogP contribution is 2.20. The quantitative estimate of drug-likeness (QED) is 0.869. The lowest BCUT2D eigenvalue weighted by Crippen LogP contribution is -2.16. The van der Waals surface area contributed by atoms with Crippen LogP contribution in [-0.4, -0.2) is 0 Å². The average molecular weight is 265 g/mol. The van der Waals surface area contributed by atoms with Crippen LogP contribution in [0.1, 0.15) is 25.5 Å². The van der Waals surface area contributed by atoms with Crippen LogP contribution in [0.2, 0.25) is 0 Å². The molecule has 1 atom stereocenters. The SMILES string of the molecule is CC(C)[C@@H](N)c1ccc(Br)cc1.Cl. The van der Waals surface area contributed by atoms with Gasteiger partial charge in [0, 0.05) is 10.5 Å². The molecule has 0 bridgehead atoms. The van der Waals surface area contributed by atoms with E-state index in [0.717, 1.165) is 4.47 Å². The summed E-state index contributed by atoms with van der Waals surface area (Å²) in [4.78, 5) is 0. The van der Waals surface area contributed by atoms with Gasteiger partial charge in [0.1, 0.15) is 0 Å². The fourth-order valence-electron chi connectivity index (χ4n) is 1.07. The van der Waals surface area contributed by atoms with Crippen molar-refractivity contribution in [2.45, 2.75) is 19.9 Å². The molecule has 2 N–H and O–H groups in total. The van der Waals surface area contributed by atoms with Crippen LogP contribution in [0.25, 0.3) is 0 Å². The topological polar surface area (TPSA) is 26.0 Å². The lowest BCUT2D eigenvalue weighted by atomic mass is 9.97. The first kappa shape index (κ1) is 12.9. The molecule has 0 unspecified atom stereocenters. The van der Waals surface area contributed by atoms with Gasteiger partial charge in [0.2, 0.25) is 0 Å². The summed E-state index contributed by atoms with van der Waals surface area (Å²) < 4.78 is 1.10. The number of hydrogen-bond donors (Lipinski definition) is 1. The Bertz CT molecular complexity index is 246. The van der Waals surface area contributed by atoms with Gasteiger partial charge in [-0.15, -0.1) is 12.4 Å². The van der Waals surface area contributed by atoms with Crippen molar-refractivity contribution in [2.75, 3.05) is 0 Å². The van der Waals surface area contributed by atoms with E-state index in [9.17, 15) is 0 Å². The molecule has 1 nitrogen and oxygen atoms in total. The summed E-state index contributed by atoms with van der Waals surface area (Å²) in [7, 11) is 0. The number of rotatable bonds is 2. The molecule has 0 saturated carbocycles. The summed E-state index contributed by atoms with van der Waals surface area (Å²) in [6, 6.07) is 8.33. The summed E-state index contributed by atoms with van der Waals surface area (Å²) in [6.07, 6.45) is 0. The van der Waals surface area contributed by atoms with Gasteiger partial charge >= 0.3 is 0 Å². The van der Waals surface area contributed by atoms with Crippen molar-refractivity contribution in [3.05, 3.63) is 34.3 Å². The van der Waals surface area contributed by atoms with Gasteiger partial charge in [0.15, 0.2) is 0 Å². The molecule has 0 aliphatic heterocycles. The molecule has 0 amide bonds. The molecule has 0 fully saturated rings. The van der Waals surface area contributed by atoms with Crippen molar-refractivity contribution in [1.82, 2.24) is 0 Å². The lowest BCUT2D eigenvalue weighted by Gasteiger charge is -2.15. The van der Waals surface area contributed by atoms with Crippen molar-refractivity contribution in [3.8, 4) is 0 Å². The third-order valence-corrected chi connectivity index (χ3v) is 2.50. The van der Waals surface area contributed by atoms with Crippen molar-refractivity contribution < 1.29 is 0 Å².